The maximum atomic E-state index is 6.22. The minimum absolute atomic E-state index is 0.141. The van der Waals surface area contributed by atoms with Gasteiger partial charge in [-0.25, -0.2) is 4.98 Å². The maximum absolute atomic E-state index is 6.22. The van der Waals surface area contributed by atoms with E-state index in [1.165, 1.54) is 0 Å². The second-order valence-corrected chi connectivity index (χ2v) is 5.80. The summed E-state index contributed by atoms with van der Waals surface area (Å²) in [6.07, 6.45) is 0. The molecule has 2 rings (SSSR count). The van der Waals surface area contributed by atoms with Crippen LogP contribution in [0.5, 0.6) is 0 Å². The molecule has 0 fully saturated rings. The molecule has 0 aliphatic heterocycles. The molecule has 0 atom stereocenters. The monoisotopic (exact) mass is 252 g/mol. The van der Waals surface area contributed by atoms with Gasteiger partial charge in [-0.1, -0.05) is 32.4 Å². The Morgan fingerprint density at radius 2 is 1.76 bits per heavy atom. The first-order valence-electron chi connectivity index (χ1n) is 5.58. The minimum atomic E-state index is -0.141. The van der Waals surface area contributed by atoms with Gasteiger partial charge in [-0.15, -0.1) is 0 Å². The Kier molecular flexibility index (Phi) is 2.62. The van der Waals surface area contributed by atoms with Gasteiger partial charge in [0.2, 0.25) is 5.89 Å². The number of benzene rings is 1. The molecule has 1 aromatic carbocycles. The largest absolute Gasteiger partial charge is 0.438 e. The Hall–Kier alpha value is -1.22. The second-order valence-electron chi connectivity index (χ2n) is 5.42. The van der Waals surface area contributed by atoms with E-state index in [1.54, 1.807) is 0 Å². The number of fused-ring (bicyclic) bond motifs is 1. The molecule has 3 nitrogen and oxygen atoms in total. The molecule has 17 heavy (non-hydrogen) atoms. The van der Waals surface area contributed by atoms with Gasteiger partial charge >= 0.3 is 0 Å². The fourth-order valence-corrected chi connectivity index (χ4v) is 1.94. The van der Waals surface area contributed by atoms with Crippen LogP contribution in [0.2, 0.25) is 5.02 Å². The molecule has 0 unspecified atom stereocenters. The van der Waals surface area contributed by atoms with Crippen molar-refractivity contribution in [2.45, 2.75) is 40.0 Å². The quantitative estimate of drug-likeness (QED) is 0.722. The van der Waals surface area contributed by atoms with Gasteiger partial charge in [0.1, 0.15) is 5.52 Å². The average molecular weight is 253 g/mol. The molecular formula is C13H17ClN2O. The van der Waals surface area contributed by atoms with Gasteiger partial charge in [0.25, 0.3) is 0 Å². The molecule has 4 heteroatoms. The second kappa shape index (κ2) is 3.64. The summed E-state index contributed by atoms with van der Waals surface area (Å²) in [6.45, 7) is 9.99. The van der Waals surface area contributed by atoms with Crippen molar-refractivity contribution in [2.24, 2.45) is 0 Å². The van der Waals surface area contributed by atoms with Gasteiger partial charge in [0.05, 0.1) is 10.7 Å². The van der Waals surface area contributed by atoms with E-state index in [-0.39, 0.29) is 5.41 Å². The van der Waals surface area contributed by atoms with Crippen molar-refractivity contribution in [3.05, 3.63) is 22.0 Å². The number of oxazole rings is 1. The molecule has 0 spiro atoms. The van der Waals surface area contributed by atoms with E-state index in [0.29, 0.717) is 22.2 Å². The van der Waals surface area contributed by atoms with Crippen molar-refractivity contribution in [3.8, 4) is 0 Å². The first kappa shape index (κ1) is 12.2. The van der Waals surface area contributed by atoms with Gasteiger partial charge in [0, 0.05) is 5.41 Å². The van der Waals surface area contributed by atoms with Crippen LogP contribution in [0.3, 0.4) is 0 Å². The number of rotatable bonds is 0. The molecule has 0 saturated heterocycles. The highest BCUT2D eigenvalue weighted by Crippen LogP contribution is 2.37. The van der Waals surface area contributed by atoms with Crippen molar-refractivity contribution < 1.29 is 4.42 Å². The first-order chi connectivity index (χ1) is 7.73. The summed E-state index contributed by atoms with van der Waals surface area (Å²) < 4.78 is 5.79. The first-order valence-corrected chi connectivity index (χ1v) is 5.96. The van der Waals surface area contributed by atoms with Crippen molar-refractivity contribution in [1.29, 1.82) is 0 Å². The third kappa shape index (κ3) is 1.78. The van der Waals surface area contributed by atoms with E-state index in [9.17, 15) is 0 Å². The fourth-order valence-electron chi connectivity index (χ4n) is 1.75. The predicted octanol–water partition coefficient (Wildman–Crippen LogP) is 3.98. The van der Waals surface area contributed by atoms with Gasteiger partial charge in [-0.3, -0.25) is 0 Å². The van der Waals surface area contributed by atoms with Gasteiger partial charge < -0.3 is 10.2 Å². The summed E-state index contributed by atoms with van der Waals surface area (Å²) in [4.78, 5) is 4.52. The molecule has 0 amide bonds. The zero-order chi connectivity index (χ0) is 13.0. The Bertz CT molecular complexity index is 549. The van der Waals surface area contributed by atoms with Crippen LogP contribution in [0.15, 0.2) is 4.42 Å². The number of nitrogens with two attached hydrogens (primary N) is 1. The standard InChI is InChI=1S/C13H17ClN2O/c1-6-8(14)7(2)10-11(9(6)15)17-12(16-10)13(3,4)5/h15H2,1-5H3. The lowest BCUT2D eigenvalue weighted by molar-refractivity contribution is 0.411. The normalized spacial score (nSPS) is 12.4. The number of nitrogens with zero attached hydrogens (tertiary/aromatic N) is 1. The zero-order valence-electron chi connectivity index (χ0n) is 10.8. The van der Waals surface area contributed by atoms with Crippen LogP contribution in [0.25, 0.3) is 11.1 Å². The third-order valence-electron chi connectivity index (χ3n) is 2.93. The number of hydrogen-bond donors (Lipinski definition) is 1. The average Bonchev–Trinajstić information content (AvgIpc) is 2.67. The SMILES string of the molecule is Cc1c(Cl)c(C)c2nc(C(C)(C)C)oc2c1N. The molecule has 0 radical (unpaired) electrons. The summed E-state index contributed by atoms with van der Waals surface area (Å²) in [5.74, 6) is 0.684. The lowest BCUT2D eigenvalue weighted by Crippen LogP contribution is -2.11. The number of aromatic nitrogens is 1. The van der Waals surface area contributed by atoms with E-state index in [2.05, 4.69) is 25.8 Å². The number of nitrogen functional groups attached to an aromatic ring is 1. The highest BCUT2D eigenvalue weighted by Gasteiger charge is 2.24. The predicted molar refractivity (Wildman–Crippen MR) is 71.6 cm³/mol. The Balaban J connectivity index is 2.86. The van der Waals surface area contributed by atoms with Gasteiger partial charge in [0.15, 0.2) is 5.58 Å². The molecule has 92 valence electrons. The van der Waals surface area contributed by atoms with Crippen LogP contribution in [0, 0.1) is 13.8 Å². The van der Waals surface area contributed by atoms with Crippen molar-refractivity contribution >= 4 is 28.4 Å². The molecular weight excluding hydrogens is 236 g/mol. The molecule has 0 aliphatic carbocycles. The summed E-state index contributed by atoms with van der Waals surface area (Å²) in [5, 5.41) is 0.670. The van der Waals surface area contributed by atoms with E-state index < -0.39 is 0 Å². The van der Waals surface area contributed by atoms with Crippen LogP contribution >= 0.6 is 11.6 Å². The molecule has 0 saturated carbocycles. The minimum Gasteiger partial charge on any atom is -0.438 e. The van der Waals surface area contributed by atoms with Crippen LogP contribution in [-0.4, -0.2) is 4.98 Å². The van der Waals surface area contributed by atoms with Crippen LogP contribution in [-0.2, 0) is 5.41 Å². The molecule has 0 aliphatic rings. The number of aryl methyl sites for hydroxylation is 1. The maximum Gasteiger partial charge on any atom is 0.200 e. The Labute approximate surface area is 106 Å². The van der Waals surface area contributed by atoms with E-state index in [0.717, 1.165) is 16.6 Å². The van der Waals surface area contributed by atoms with E-state index in [4.69, 9.17) is 21.8 Å². The number of halogens is 1. The lowest BCUT2D eigenvalue weighted by Gasteiger charge is -2.11. The Morgan fingerprint density at radius 1 is 1.18 bits per heavy atom. The summed E-state index contributed by atoms with van der Waals surface area (Å²) in [6, 6.07) is 0. The molecule has 2 aromatic rings. The zero-order valence-corrected chi connectivity index (χ0v) is 11.6. The van der Waals surface area contributed by atoms with Gasteiger partial charge in [-0.05, 0) is 25.0 Å². The molecule has 1 heterocycles. The number of anilines is 1. The van der Waals surface area contributed by atoms with Crippen molar-refractivity contribution in [2.75, 3.05) is 5.73 Å². The van der Waals surface area contributed by atoms with E-state index >= 15 is 0 Å². The molecule has 2 N–H and O–H groups in total. The number of hydrogen-bond acceptors (Lipinski definition) is 3. The third-order valence-corrected chi connectivity index (χ3v) is 3.50. The lowest BCUT2D eigenvalue weighted by atomic mass is 9.97. The summed E-state index contributed by atoms with van der Waals surface area (Å²) in [7, 11) is 0. The molecule has 1 aromatic heterocycles. The topological polar surface area (TPSA) is 52.0 Å². The highest BCUT2D eigenvalue weighted by atomic mass is 35.5. The summed E-state index contributed by atoms with van der Waals surface area (Å²) in [5.41, 5.74) is 9.66. The molecule has 0 bridgehead atoms. The smallest absolute Gasteiger partial charge is 0.200 e. The van der Waals surface area contributed by atoms with Crippen molar-refractivity contribution in [1.82, 2.24) is 4.98 Å². The summed E-state index contributed by atoms with van der Waals surface area (Å²) >= 11 is 6.22. The van der Waals surface area contributed by atoms with Crippen LogP contribution in [0.4, 0.5) is 5.69 Å². The van der Waals surface area contributed by atoms with Crippen LogP contribution in [0.1, 0.15) is 37.8 Å². The highest BCUT2D eigenvalue weighted by molar-refractivity contribution is 6.33. The van der Waals surface area contributed by atoms with E-state index in [1.807, 2.05) is 13.8 Å². The van der Waals surface area contributed by atoms with Gasteiger partial charge in [-0.2, -0.15) is 0 Å². The Morgan fingerprint density at radius 3 is 2.29 bits per heavy atom. The van der Waals surface area contributed by atoms with Crippen molar-refractivity contribution in [3.63, 3.8) is 0 Å². The van der Waals surface area contributed by atoms with Crippen LogP contribution < -0.4 is 5.73 Å². The fraction of sp³-hybridized carbons (Fsp3) is 0.462.